The van der Waals surface area contributed by atoms with Crippen LogP contribution in [-0.2, 0) is 0 Å². The number of nitrogens with zero attached hydrogens (tertiary/aromatic N) is 2. The Labute approximate surface area is 119 Å². The van der Waals surface area contributed by atoms with E-state index in [1.54, 1.807) is 22.7 Å². The zero-order valence-electron chi connectivity index (χ0n) is 10.4. The van der Waals surface area contributed by atoms with Crippen LogP contribution < -0.4 is 4.74 Å². The first kappa shape index (κ1) is 12.3. The van der Waals surface area contributed by atoms with Crippen LogP contribution in [0.2, 0.25) is 0 Å². The molecule has 0 aliphatic heterocycles. The molecule has 96 valence electrons. The van der Waals surface area contributed by atoms with Gasteiger partial charge in [0.15, 0.2) is 0 Å². The Hall–Kier alpha value is -1.72. The predicted octanol–water partition coefficient (Wildman–Crippen LogP) is 4.51. The molecular weight excluding hydrogens is 276 g/mol. The molecule has 0 amide bonds. The van der Waals surface area contributed by atoms with Crippen LogP contribution in [0, 0.1) is 0 Å². The highest BCUT2D eigenvalue weighted by Gasteiger charge is 2.04. The summed E-state index contributed by atoms with van der Waals surface area (Å²) in [5.74, 6) is 0.881. The zero-order valence-corrected chi connectivity index (χ0v) is 12.0. The van der Waals surface area contributed by atoms with Gasteiger partial charge in [-0.3, -0.25) is 0 Å². The second-order valence-corrected chi connectivity index (χ2v) is 5.66. The van der Waals surface area contributed by atoms with E-state index in [1.165, 1.54) is 0 Å². The molecule has 0 unspecified atom stereocenters. The lowest BCUT2D eigenvalue weighted by atomic mass is 10.3. The summed E-state index contributed by atoms with van der Waals surface area (Å²) in [4.78, 5) is 8.89. The van der Waals surface area contributed by atoms with Crippen LogP contribution in [0.15, 0.2) is 40.0 Å². The van der Waals surface area contributed by atoms with Crippen LogP contribution in [0.1, 0.15) is 12.5 Å². The summed E-state index contributed by atoms with van der Waals surface area (Å²) < 4.78 is 6.58. The summed E-state index contributed by atoms with van der Waals surface area (Å²) in [6, 6.07) is 7.97. The Morgan fingerprint density at radius 2 is 2.32 bits per heavy atom. The first-order valence-corrected chi connectivity index (χ1v) is 7.71. The fourth-order valence-electron chi connectivity index (χ4n) is 1.68. The normalized spacial score (nSPS) is 11.4. The fourth-order valence-corrected chi connectivity index (χ4v) is 3.13. The van der Waals surface area contributed by atoms with Gasteiger partial charge in [0.05, 0.1) is 16.8 Å². The lowest BCUT2D eigenvalue weighted by Gasteiger charge is -2.00. The molecule has 2 heterocycles. The molecule has 3 rings (SSSR count). The van der Waals surface area contributed by atoms with Crippen molar-refractivity contribution in [3.8, 4) is 5.75 Å². The molecular formula is C14H12N2OS2. The number of fused-ring (bicyclic) bond motifs is 1. The Morgan fingerprint density at radius 1 is 1.37 bits per heavy atom. The van der Waals surface area contributed by atoms with Gasteiger partial charge in [-0.05, 0) is 41.9 Å². The van der Waals surface area contributed by atoms with Crippen molar-refractivity contribution in [2.24, 2.45) is 4.99 Å². The molecule has 0 radical (unpaired) electrons. The molecule has 0 aliphatic carbocycles. The summed E-state index contributed by atoms with van der Waals surface area (Å²) in [5.41, 5.74) is 2.07. The first-order valence-electron chi connectivity index (χ1n) is 5.95. The lowest BCUT2D eigenvalue weighted by molar-refractivity contribution is 0.341. The van der Waals surface area contributed by atoms with Crippen molar-refractivity contribution in [3.63, 3.8) is 0 Å². The molecule has 0 atom stereocenters. The minimum absolute atomic E-state index is 0.674. The van der Waals surface area contributed by atoms with Crippen molar-refractivity contribution in [3.05, 3.63) is 40.6 Å². The maximum Gasteiger partial charge on any atom is 0.210 e. The molecule has 3 aromatic rings. The van der Waals surface area contributed by atoms with Crippen molar-refractivity contribution in [2.45, 2.75) is 6.92 Å². The van der Waals surface area contributed by atoms with E-state index < -0.39 is 0 Å². The molecule has 2 aromatic heterocycles. The number of thiazole rings is 1. The standard InChI is InChI=1S/C14H12N2OS2/c1-2-17-11-3-4-12-13(7-11)19-14(16-12)15-8-10-5-6-18-9-10/h3-9H,2H2,1H3. The van der Waals surface area contributed by atoms with Crippen molar-refractivity contribution in [1.82, 2.24) is 4.98 Å². The minimum Gasteiger partial charge on any atom is -0.494 e. The van der Waals surface area contributed by atoms with Crippen LogP contribution in [0.5, 0.6) is 5.75 Å². The molecule has 0 saturated heterocycles. The maximum atomic E-state index is 5.48. The van der Waals surface area contributed by atoms with E-state index in [0.717, 1.165) is 26.7 Å². The first-order chi connectivity index (χ1) is 9.35. The van der Waals surface area contributed by atoms with Crippen LogP contribution >= 0.6 is 22.7 Å². The van der Waals surface area contributed by atoms with E-state index in [-0.39, 0.29) is 0 Å². The second-order valence-electron chi connectivity index (χ2n) is 3.87. The van der Waals surface area contributed by atoms with Gasteiger partial charge in [0.25, 0.3) is 0 Å². The van der Waals surface area contributed by atoms with E-state index in [1.807, 2.05) is 42.8 Å². The molecule has 0 spiro atoms. The van der Waals surface area contributed by atoms with Gasteiger partial charge in [-0.1, -0.05) is 11.3 Å². The van der Waals surface area contributed by atoms with Crippen LogP contribution in [-0.4, -0.2) is 17.8 Å². The third-order valence-corrected chi connectivity index (χ3v) is 4.15. The van der Waals surface area contributed by atoms with Gasteiger partial charge >= 0.3 is 0 Å². The van der Waals surface area contributed by atoms with Crippen molar-refractivity contribution in [2.75, 3.05) is 6.61 Å². The third-order valence-electron chi connectivity index (χ3n) is 2.53. The molecule has 0 aliphatic rings. The maximum absolute atomic E-state index is 5.48. The Balaban J connectivity index is 1.89. The highest BCUT2D eigenvalue weighted by molar-refractivity contribution is 7.22. The van der Waals surface area contributed by atoms with E-state index in [9.17, 15) is 0 Å². The summed E-state index contributed by atoms with van der Waals surface area (Å²) in [7, 11) is 0. The van der Waals surface area contributed by atoms with Gasteiger partial charge in [0.1, 0.15) is 5.75 Å². The molecule has 0 fully saturated rings. The Morgan fingerprint density at radius 3 is 3.11 bits per heavy atom. The van der Waals surface area contributed by atoms with Gasteiger partial charge in [-0.15, -0.1) is 0 Å². The average molecular weight is 288 g/mol. The van der Waals surface area contributed by atoms with E-state index >= 15 is 0 Å². The average Bonchev–Trinajstić information content (AvgIpc) is 3.05. The van der Waals surface area contributed by atoms with Gasteiger partial charge < -0.3 is 4.74 Å². The topological polar surface area (TPSA) is 34.5 Å². The molecule has 0 bridgehead atoms. The predicted molar refractivity (Wildman–Crippen MR) is 82.4 cm³/mol. The Bertz CT molecular complexity index is 701. The van der Waals surface area contributed by atoms with E-state index in [0.29, 0.717) is 6.61 Å². The van der Waals surface area contributed by atoms with Crippen LogP contribution in [0.3, 0.4) is 0 Å². The van der Waals surface area contributed by atoms with Gasteiger partial charge in [-0.2, -0.15) is 11.3 Å². The third kappa shape index (κ3) is 2.83. The number of rotatable bonds is 4. The summed E-state index contributed by atoms with van der Waals surface area (Å²) >= 11 is 3.24. The summed E-state index contributed by atoms with van der Waals surface area (Å²) in [6.07, 6.45) is 1.84. The Kier molecular flexibility index (Phi) is 3.57. The largest absolute Gasteiger partial charge is 0.494 e. The molecule has 0 saturated carbocycles. The number of hydrogen-bond donors (Lipinski definition) is 0. The molecule has 19 heavy (non-hydrogen) atoms. The SMILES string of the molecule is CCOc1ccc2nc(N=Cc3ccsc3)sc2c1. The van der Waals surface area contributed by atoms with Crippen molar-refractivity contribution in [1.29, 1.82) is 0 Å². The molecule has 5 heteroatoms. The lowest BCUT2D eigenvalue weighted by Crippen LogP contribution is -1.89. The number of benzene rings is 1. The summed E-state index contributed by atoms with van der Waals surface area (Å²) in [5, 5.41) is 4.87. The van der Waals surface area contributed by atoms with E-state index in [4.69, 9.17) is 4.74 Å². The van der Waals surface area contributed by atoms with Crippen LogP contribution in [0.25, 0.3) is 10.2 Å². The molecule has 1 aromatic carbocycles. The van der Waals surface area contributed by atoms with Crippen LogP contribution in [0.4, 0.5) is 5.13 Å². The summed E-state index contributed by atoms with van der Waals surface area (Å²) in [6.45, 7) is 2.65. The highest BCUT2D eigenvalue weighted by atomic mass is 32.1. The molecule has 3 nitrogen and oxygen atoms in total. The number of ether oxygens (including phenoxy) is 1. The number of aliphatic imine (C=N–C) groups is 1. The van der Waals surface area contributed by atoms with E-state index in [2.05, 4.69) is 15.4 Å². The number of hydrogen-bond acceptors (Lipinski definition) is 5. The van der Waals surface area contributed by atoms with Gasteiger partial charge in [0.2, 0.25) is 5.13 Å². The second kappa shape index (κ2) is 5.50. The molecule has 0 N–H and O–H groups in total. The van der Waals surface area contributed by atoms with Gasteiger partial charge in [-0.25, -0.2) is 9.98 Å². The number of aromatic nitrogens is 1. The number of thiophene rings is 1. The van der Waals surface area contributed by atoms with Gasteiger partial charge in [0, 0.05) is 11.8 Å². The zero-order chi connectivity index (χ0) is 13.1. The smallest absolute Gasteiger partial charge is 0.210 e. The van der Waals surface area contributed by atoms with Crippen molar-refractivity contribution < 1.29 is 4.74 Å². The highest BCUT2D eigenvalue weighted by Crippen LogP contribution is 2.30. The fraction of sp³-hybridized carbons (Fsp3) is 0.143. The minimum atomic E-state index is 0.674. The monoisotopic (exact) mass is 288 g/mol. The van der Waals surface area contributed by atoms with Crippen molar-refractivity contribution >= 4 is 44.2 Å². The quantitative estimate of drug-likeness (QED) is 0.662.